The molecule has 3 rings (SSSR count). The van der Waals surface area contributed by atoms with Gasteiger partial charge in [0.25, 0.3) is 11.8 Å². The van der Waals surface area contributed by atoms with Crippen LogP contribution in [0.4, 0.5) is 0 Å². The Kier molecular flexibility index (Phi) is 6.50. The lowest BCUT2D eigenvalue weighted by Crippen LogP contribution is -2.34. The molecule has 3 aromatic carbocycles. The van der Waals surface area contributed by atoms with Gasteiger partial charge in [0, 0.05) is 19.6 Å². The average Bonchev–Trinajstić information content (AvgIpc) is 2.71. The number of nitrogens with one attached hydrogen (secondary N) is 1. The summed E-state index contributed by atoms with van der Waals surface area (Å²) in [5.41, 5.74) is 1.49. The van der Waals surface area contributed by atoms with Crippen LogP contribution in [0.3, 0.4) is 0 Å². The molecule has 0 saturated carbocycles. The van der Waals surface area contributed by atoms with E-state index < -0.39 is 0 Å². The summed E-state index contributed by atoms with van der Waals surface area (Å²) in [6.45, 7) is 4.13. The highest BCUT2D eigenvalue weighted by atomic mass is 16.5. The molecule has 0 aliphatic heterocycles. The van der Waals surface area contributed by atoms with E-state index in [1.807, 2.05) is 80.6 Å². The van der Waals surface area contributed by atoms with E-state index >= 15 is 0 Å². The van der Waals surface area contributed by atoms with Gasteiger partial charge in [-0.25, -0.2) is 0 Å². The molecule has 0 spiro atoms. The number of rotatable bonds is 7. The molecule has 0 fully saturated rings. The number of amides is 2. The highest BCUT2D eigenvalue weighted by molar-refractivity contribution is 6.01. The Balaban J connectivity index is 1.87. The summed E-state index contributed by atoms with van der Waals surface area (Å²) < 4.78 is 5.77. The van der Waals surface area contributed by atoms with Gasteiger partial charge in [-0.3, -0.25) is 9.59 Å². The molecule has 0 unspecified atom stereocenters. The zero-order chi connectivity index (χ0) is 20.8. The Morgan fingerprint density at radius 3 is 2.24 bits per heavy atom. The Bertz CT molecular complexity index is 999. The molecule has 5 nitrogen and oxygen atoms in total. The number of hydrogen-bond acceptors (Lipinski definition) is 3. The van der Waals surface area contributed by atoms with Crippen molar-refractivity contribution in [2.45, 2.75) is 26.4 Å². The van der Waals surface area contributed by atoms with Crippen LogP contribution in [0.25, 0.3) is 10.8 Å². The van der Waals surface area contributed by atoms with E-state index in [0.29, 0.717) is 17.9 Å². The molecule has 0 radical (unpaired) electrons. The SMILES string of the molecule is CC(C)NC(=O)COc1cc2ccccc2cc1C(=O)N(C)Cc1ccccc1. The Hall–Kier alpha value is -3.34. The molecule has 0 aliphatic rings. The maximum atomic E-state index is 13.2. The molecular formula is C24H26N2O3. The summed E-state index contributed by atoms with van der Waals surface area (Å²) >= 11 is 0. The molecule has 1 N–H and O–H groups in total. The summed E-state index contributed by atoms with van der Waals surface area (Å²) in [7, 11) is 1.76. The first-order valence-corrected chi connectivity index (χ1v) is 9.68. The van der Waals surface area contributed by atoms with Crippen LogP contribution < -0.4 is 10.1 Å². The van der Waals surface area contributed by atoms with Crippen molar-refractivity contribution in [2.75, 3.05) is 13.7 Å². The second-order valence-corrected chi connectivity index (χ2v) is 7.35. The second-order valence-electron chi connectivity index (χ2n) is 7.35. The molecule has 5 heteroatoms. The summed E-state index contributed by atoms with van der Waals surface area (Å²) in [5.74, 6) is 0.0376. The van der Waals surface area contributed by atoms with E-state index in [4.69, 9.17) is 4.74 Å². The third-order valence-electron chi connectivity index (χ3n) is 4.50. The first-order chi connectivity index (χ1) is 13.9. The van der Waals surface area contributed by atoms with Gasteiger partial charge in [0.15, 0.2) is 6.61 Å². The van der Waals surface area contributed by atoms with Gasteiger partial charge in [0.2, 0.25) is 0 Å². The first-order valence-electron chi connectivity index (χ1n) is 9.68. The van der Waals surface area contributed by atoms with Crippen molar-refractivity contribution < 1.29 is 14.3 Å². The lowest BCUT2D eigenvalue weighted by molar-refractivity contribution is -0.123. The van der Waals surface area contributed by atoms with Crippen molar-refractivity contribution in [3.8, 4) is 5.75 Å². The van der Waals surface area contributed by atoms with E-state index in [0.717, 1.165) is 16.3 Å². The lowest BCUT2D eigenvalue weighted by Gasteiger charge is -2.20. The van der Waals surface area contributed by atoms with Crippen molar-refractivity contribution in [3.05, 3.63) is 77.9 Å². The number of hydrogen-bond donors (Lipinski definition) is 1. The monoisotopic (exact) mass is 390 g/mol. The van der Waals surface area contributed by atoms with Crippen molar-refractivity contribution in [1.29, 1.82) is 0 Å². The van der Waals surface area contributed by atoms with Crippen LogP contribution >= 0.6 is 0 Å². The van der Waals surface area contributed by atoms with Crippen molar-refractivity contribution >= 4 is 22.6 Å². The molecule has 150 valence electrons. The van der Waals surface area contributed by atoms with Crippen LogP contribution in [0, 0.1) is 0 Å². The topological polar surface area (TPSA) is 58.6 Å². The van der Waals surface area contributed by atoms with Crippen molar-refractivity contribution in [3.63, 3.8) is 0 Å². The number of ether oxygens (including phenoxy) is 1. The van der Waals surface area contributed by atoms with Crippen LogP contribution in [-0.2, 0) is 11.3 Å². The van der Waals surface area contributed by atoms with Gasteiger partial charge in [0.05, 0.1) is 5.56 Å². The maximum absolute atomic E-state index is 13.2. The van der Waals surface area contributed by atoms with E-state index in [1.54, 1.807) is 11.9 Å². The van der Waals surface area contributed by atoms with E-state index in [9.17, 15) is 9.59 Å². The molecule has 0 saturated heterocycles. The molecule has 0 bridgehead atoms. The summed E-state index contributed by atoms with van der Waals surface area (Å²) in [4.78, 5) is 26.8. The van der Waals surface area contributed by atoms with Crippen molar-refractivity contribution in [1.82, 2.24) is 10.2 Å². The fourth-order valence-corrected chi connectivity index (χ4v) is 3.15. The zero-order valence-electron chi connectivity index (χ0n) is 17.0. The second kappa shape index (κ2) is 9.24. The van der Waals surface area contributed by atoms with Gasteiger partial charge in [0.1, 0.15) is 5.75 Å². The Labute approximate surface area is 171 Å². The molecule has 2 amide bonds. The van der Waals surface area contributed by atoms with Crippen LogP contribution in [0.1, 0.15) is 29.8 Å². The fraction of sp³-hybridized carbons (Fsp3) is 0.250. The van der Waals surface area contributed by atoms with Crippen molar-refractivity contribution in [2.24, 2.45) is 0 Å². The molecule has 29 heavy (non-hydrogen) atoms. The Morgan fingerprint density at radius 2 is 1.59 bits per heavy atom. The number of benzene rings is 3. The summed E-state index contributed by atoms with van der Waals surface area (Å²) in [6, 6.07) is 21.3. The fourth-order valence-electron chi connectivity index (χ4n) is 3.15. The molecule has 0 atom stereocenters. The predicted octanol–water partition coefficient (Wildman–Crippen LogP) is 4.02. The van der Waals surface area contributed by atoms with Gasteiger partial charge in [-0.1, -0.05) is 54.6 Å². The number of carbonyl (C=O) groups excluding carboxylic acids is 2. The van der Waals surface area contributed by atoms with Gasteiger partial charge in [-0.15, -0.1) is 0 Å². The van der Waals surface area contributed by atoms with Gasteiger partial charge in [-0.05, 0) is 42.3 Å². The highest BCUT2D eigenvalue weighted by Crippen LogP contribution is 2.27. The third-order valence-corrected chi connectivity index (χ3v) is 4.50. The van der Waals surface area contributed by atoms with E-state index in [-0.39, 0.29) is 24.5 Å². The summed E-state index contributed by atoms with van der Waals surface area (Å²) in [6.07, 6.45) is 0. The third kappa shape index (κ3) is 5.35. The standard InChI is InChI=1S/C24H26N2O3/c1-17(2)25-23(27)16-29-22-14-20-12-8-7-11-19(20)13-21(22)24(28)26(3)15-18-9-5-4-6-10-18/h4-14,17H,15-16H2,1-3H3,(H,25,27). The summed E-state index contributed by atoms with van der Waals surface area (Å²) in [5, 5.41) is 4.69. The van der Waals surface area contributed by atoms with Crippen LogP contribution in [-0.4, -0.2) is 36.4 Å². The molecular weight excluding hydrogens is 364 g/mol. The number of carbonyl (C=O) groups is 2. The smallest absolute Gasteiger partial charge is 0.258 e. The van der Waals surface area contributed by atoms with Crippen LogP contribution in [0.2, 0.25) is 0 Å². The quantitative estimate of drug-likeness (QED) is 0.663. The average molecular weight is 390 g/mol. The highest BCUT2D eigenvalue weighted by Gasteiger charge is 2.19. The van der Waals surface area contributed by atoms with Gasteiger partial charge < -0.3 is 15.0 Å². The minimum Gasteiger partial charge on any atom is -0.483 e. The normalized spacial score (nSPS) is 10.8. The minimum absolute atomic E-state index is 0.0285. The molecule has 0 aromatic heterocycles. The van der Waals surface area contributed by atoms with Crippen LogP contribution in [0.15, 0.2) is 66.7 Å². The van der Waals surface area contributed by atoms with Gasteiger partial charge in [-0.2, -0.15) is 0 Å². The largest absolute Gasteiger partial charge is 0.483 e. The first kappa shape index (κ1) is 20.4. The van der Waals surface area contributed by atoms with E-state index in [2.05, 4.69) is 5.32 Å². The maximum Gasteiger partial charge on any atom is 0.258 e. The Morgan fingerprint density at radius 1 is 0.966 bits per heavy atom. The molecule has 0 aliphatic carbocycles. The van der Waals surface area contributed by atoms with E-state index in [1.165, 1.54) is 0 Å². The van der Waals surface area contributed by atoms with Crippen LogP contribution in [0.5, 0.6) is 5.75 Å². The molecule has 3 aromatic rings. The zero-order valence-corrected chi connectivity index (χ0v) is 17.0. The van der Waals surface area contributed by atoms with Gasteiger partial charge >= 0.3 is 0 Å². The predicted molar refractivity (Wildman–Crippen MR) is 115 cm³/mol. The lowest BCUT2D eigenvalue weighted by atomic mass is 10.0. The molecule has 0 heterocycles. The number of fused-ring (bicyclic) bond motifs is 1. The minimum atomic E-state index is -0.218. The number of nitrogens with zero attached hydrogens (tertiary/aromatic N) is 1.